The van der Waals surface area contributed by atoms with Crippen LogP contribution in [0.15, 0.2) is 36.7 Å². The first-order valence-electron chi connectivity index (χ1n) is 8.56. The molecule has 2 heterocycles. The summed E-state index contributed by atoms with van der Waals surface area (Å²) in [6.45, 7) is 2.10. The molecule has 1 aliphatic heterocycles. The van der Waals surface area contributed by atoms with Gasteiger partial charge in [-0.05, 0) is 17.7 Å². The second kappa shape index (κ2) is 8.33. The van der Waals surface area contributed by atoms with Crippen LogP contribution >= 0.6 is 11.6 Å². The van der Waals surface area contributed by atoms with Gasteiger partial charge in [0.2, 0.25) is 5.91 Å². The zero-order valence-corrected chi connectivity index (χ0v) is 15.3. The highest BCUT2D eigenvalue weighted by Gasteiger charge is 2.34. The van der Waals surface area contributed by atoms with Crippen LogP contribution in [-0.2, 0) is 11.8 Å². The average Bonchev–Trinajstić information content (AvgIpc) is 3.27. The van der Waals surface area contributed by atoms with Gasteiger partial charge in [-0.3, -0.25) is 14.3 Å². The van der Waals surface area contributed by atoms with E-state index in [0.29, 0.717) is 30.2 Å². The summed E-state index contributed by atoms with van der Waals surface area (Å²) in [4.78, 5) is 24.6. The van der Waals surface area contributed by atoms with Crippen LogP contribution in [0.2, 0.25) is 5.02 Å². The van der Waals surface area contributed by atoms with Crippen LogP contribution < -0.4 is 16.0 Å². The van der Waals surface area contributed by atoms with Crippen LogP contribution in [-0.4, -0.2) is 47.8 Å². The Morgan fingerprint density at radius 2 is 2.04 bits per heavy atom. The number of carbonyl (C=O) groups is 2. The molecule has 1 saturated heterocycles. The maximum Gasteiger partial charge on any atom is 0.252 e. The topological polar surface area (TPSA) is 88.0 Å². The molecule has 2 amide bonds. The van der Waals surface area contributed by atoms with Crippen molar-refractivity contribution in [1.82, 2.24) is 25.7 Å². The van der Waals surface area contributed by atoms with E-state index in [9.17, 15) is 9.59 Å². The first-order chi connectivity index (χ1) is 12.6. The number of hydrogen-bond acceptors (Lipinski definition) is 4. The summed E-state index contributed by atoms with van der Waals surface area (Å²) in [7, 11) is 1.86. The Morgan fingerprint density at radius 1 is 1.27 bits per heavy atom. The van der Waals surface area contributed by atoms with E-state index in [1.54, 1.807) is 28.9 Å². The number of nitrogens with zero attached hydrogens (tertiary/aromatic N) is 2. The minimum atomic E-state index is -0.249. The third kappa shape index (κ3) is 4.23. The third-order valence-electron chi connectivity index (χ3n) is 4.53. The van der Waals surface area contributed by atoms with Crippen molar-refractivity contribution in [1.29, 1.82) is 0 Å². The monoisotopic (exact) mass is 375 g/mol. The smallest absolute Gasteiger partial charge is 0.252 e. The molecule has 0 radical (unpaired) electrons. The van der Waals surface area contributed by atoms with Crippen LogP contribution in [0.5, 0.6) is 0 Å². The van der Waals surface area contributed by atoms with E-state index in [-0.39, 0.29) is 23.7 Å². The number of halogens is 1. The maximum atomic E-state index is 12.5. The lowest BCUT2D eigenvalue weighted by atomic mass is 9.90. The van der Waals surface area contributed by atoms with E-state index in [0.717, 1.165) is 12.1 Å². The van der Waals surface area contributed by atoms with Gasteiger partial charge >= 0.3 is 0 Å². The van der Waals surface area contributed by atoms with Gasteiger partial charge in [-0.2, -0.15) is 5.10 Å². The summed E-state index contributed by atoms with van der Waals surface area (Å²) >= 11 is 6.00. The molecule has 1 aromatic heterocycles. The zero-order valence-electron chi connectivity index (χ0n) is 14.5. The minimum absolute atomic E-state index is 0.0177. The predicted molar refractivity (Wildman–Crippen MR) is 99.1 cm³/mol. The first-order valence-corrected chi connectivity index (χ1v) is 8.93. The van der Waals surface area contributed by atoms with Crippen molar-refractivity contribution in [2.45, 2.75) is 5.92 Å². The Balaban J connectivity index is 1.47. The van der Waals surface area contributed by atoms with Crippen molar-refractivity contribution < 1.29 is 9.59 Å². The lowest BCUT2D eigenvalue weighted by molar-refractivity contribution is -0.124. The summed E-state index contributed by atoms with van der Waals surface area (Å²) < 4.78 is 1.74. The van der Waals surface area contributed by atoms with E-state index in [2.05, 4.69) is 21.0 Å². The molecule has 3 rings (SSSR count). The largest absolute Gasteiger partial charge is 0.354 e. The van der Waals surface area contributed by atoms with Crippen LogP contribution in [0.25, 0.3) is 0 Å². The van der Waals surface area contributed by atoms with Gasteiger partial charge in [-0.15, -0.1) is 0 Å². The van der Waals surface area contributed by atoms with E-state index in [4.69, 9.17) is 11.6 Å². The maximum absolute atomic E-state index is 12.5. The molecule has 7 nitrogen and oxygen atoms in total. The Kier molecular flexibility index (Phi) is 5.90. The summed E-state index contributed by atoms with van der Waals surface area (Å²) in [5.41, 5.74) is 1.49. The van der Waals surface area contributed by atoms with Crippen LogP contribution in [0.1, 0.15) is 21.8 Å². The van der Waals surface area contributed by atoms with E-state index in [1.807, 2.05) is 19.4 Å². The molecule has 138 valence electrons. The highest BCUT2D eigenvalue weighted by Crippen LogP contribution is 2.27. The molecule has 0 spiro atoms. The van der Waals surface area contributed by atoms with Gasteiger partial charge in [0.05, 0.1) is 22.7 Å². The molecule has 1 aliphatic rings. The molecule has 0 unspecified atom stereocenters. The molecule has 8 heteroatoms. The summed E-state index contributed by atoms with van der Waals surface area (Å²) in [5.74, 6) is -0.295. The van der Waals surface area contributed by atoms with Crippen molar-refractivity contribution in [3.8, 4) is 0 Å². The Labute approximate surface area is 157 Å². The average molecular weight is 376 g/mol. The van der Waals surface area contributed by atoms with Gasteiger partial charge in [0.1, 0.15) is 0 Å². The number of rotatable bonds is 6. The summed E-state index contributed by atoms with van der Waals surface area (Å²) in [6.07, 6.45) is 3.75. The Bertz CT molecular complexity index is 791. The highest BCUT2D eigenvalue weighted by molar-refractivity contribution is 6.33. The standard InChI is InChI=1S/C18H22ClN5O2/c1-24-11-12(8-23-24)14-9-20-10-15(14)18(26)22-7-6-21-17(25)13-4-2-3-5-16(13)19/h2-5,8,11,14-15,20H,6-7,9-10H2,1H3,(H,21,25)(H,22,26)/t14-,15+/m1/s1. The van der Waals surface area contributed by atoms with Gasteiger partial charge in [0.15, 0.2) is 0 Å². The first kappa shape index (κ1) is 18.4. The second-order valence-corrected chi connectivity index (χ2v) is 6.75. The number of carbonyl (C=O) groups excluding carboxylic acids is 2. The molecule has 2 atom stereocenters. The fraction of sp³-hybridized carbons (Fsp3) is 0.389. The van der Waals surface area contributed by atoms with Gasteiger partial charge in [-0.25, -0.2) is 0 Å². The quantitative estimate of drug-likeness (QED) is 0.655. The SMILES string of the molecule is Cn1cc([C@H]2CNC[C@@H]2C(=O)NCCNC(=O)c2ccccc2Cl)cn1. The summed E-state index contributed by atoms with van der Waals surface area (Å²) in [5, 5.41) is 13.5. The Morgan fingerprint density at radius 3 is 2.77 bits per heavy atom. The van der Waals surface area contributed by atoms with Crippen molar-refractivity contribution in [2.24, 2.45) is 13.0 Å². The molecule has 0 bridgehead atoms. The highest BCUT2D eigenvalue weighted by atomic mass is 35.5. The lowest BCUT2D eigenvalue weighted by Crippen LogP contribution is -2.39. The molecule has 2 aromatic rings. The lowest BCUT2D eigenvalue weighted by Gasteiger charge is -2.17. The minimum Gasteiger partial charge on any atom is -0.354 e. The van der Waals surface area contributed by atoms with Crippen molar-refractivity contribution in [2.75, 3.05) is 26.2 Å². The van der Waals surface area contributed by atoms with Crippen LogP contribution in [0, 0.1) is 5.92 Å². The van der Waals surface area contributed by atoms with Gasteiger partial charge < -0.3 is 16.0 Å². The van der Waals surface area contributed by atoms with Gasteiger partial charge in [0.25, 0.3) is 5.91 Å². The molecule has 3 N–H and O–H groups in total. The third-order valence-corrected chi connectivity index (χ3v) is 4.86. The van der Waals surface area contributed by atoms with Crippen molar-refractivity contribution in [3.05, 3.63) is 52.8 Å². The fourth-order valence-electron chi connectivity index (χ4n) is 3.17. The van der Waals surface area contributed by atoms with E-state index < -0.39 is 0 Å². The molecular weight excluding hydrogens is 354 g/mol. The van der Waals surface area contributed by atoms with E-state index in [1.165, 1.54) is 0 Å². The number of aryl methyl sites for hydroxylation is 1. The number of nitrogens with one attached hydrogen (secondary N) is 3. The zero-order chi connectivity index (χ0) is 18.5. The van der Waals surface area contributed by atoms with Gasteiger partial charge in [-0.1, -0.05) is 23.7 Å². The number of hydrogen-bond donors (Lipinski definition) is 3. The van der Waals surface area contributed by atoms with Gasteiger partial charge in [0, 0.05) is 45.3 Å². The second-order valence-electron chi connectivity index (χ2n) is 6.35. The summed E-state index contributed by atoms with van der Waals surface area (Å²) in [6, 6.07) is 6.87. The molecule has 26 heavy (non-hydrogen) atoms. The molecular formula is C18H22ClN5O2. The normalized spacial score (nSPS) is 19.3. The fourth-order valence-corrected chi connectivity index (χ4v) is 3.39. The Hall–Kier alpha value is -2.38. The van der Waals surface area contributed by atoms with E-state index >= 15 is 0 Å². The van der Waals surface area contributed by atoms with Crippen molar-refractivity contribution >= 4 is 23.4 Å². The van der Waals surface area contributed by atoms with Crippen LogP contribution in [0.3, 0.4) is 0 Å². The predicted octanol–water partition coefficient (Wildman–Crippen LogP) is 0.923. The molecule has 1 aromatic carbocycles. The number of aromatic nitrogens is 2. The van der Waals surface area contributed by atoms with Crippen molar-refractivity contribution in [3.63, 3.8) is 0 Å². The van der Waals surface area contributed by atoms with Crippen LogP contribution in [0.4, 0.5) is 0 Å². The number of amides is 2. The molecule has 0 saturated carbocycles. The molecule has 0 aliphatic carbocycles. The number of benzene rings is 1. The molecule has 1 fully saturated rings.